The highest BCUT2D eigenvalue weighted by Crippen LogP contribution is 2.18. The number of aliphatic hydroxyl groups excluding tert-OH is 1. The Labute approximate surface area is 170 Å². The molecule has 2 heterocycles. The van der Waals surface area contributed by atoms with Crippen LogP contribution in [0.3, 0.4) is 0 Å². The first-order chi connectivity index (χ1) is 14.3. The maximum Gasteiger partial charge on any atom is 0.329 e. The fourth-order valence-electron chi connectivity index (χ4n) is 2.94. The number of hydrogen-bond donors (Lipinski definition) is 3. The van der Waals surface area contributed by atoms with Crippen molar-refractivity contribution in [3.8, 4) is 5.75 Å². The van der Waals surface area contributed by atoms with Gasteiger partial charge in [-0.3, -0.25) is 19.1 Å². The van der Waals surface area contributed by atoms with Crippen molar-refractivity contribution in [3.05, 3.63) is 50.7 Å². The number of methoxy groups -OCH3 is 1. The summed E-state index contributed by atoms with van der Waals surface area (Å²) in [6.07, 6.45) is -1.00. The second-order valence-corrected chi connectivity index (χ2v) is 6.70. The van der Waals surface area contributed by atoms with Crippen molar-refractivity contribution >= 4 is 23.1 Å². The SMILES string of the molecule is COC(=O)CNc1nc2c(c(=O)[nH]c(=O)n2C)n1C[C@H](O)COc1ccccc1C. The number of aromatic nitrogens is 4. The van der Waals surface area contributed by atoms with Crippen LogP contribution in [0.4, 0.5) is 5.95 Å². The number of nitrogens with zero attached hydrogens (tertiary/aromatic N) is 3. The van der Waals surface area contributed by atoms with Gasteiger partial charge in [0.15, 0.2) is 11.2 Å². The lowest BCUT2D eigenvalue weighted by Crippen LogP contribution is -2.31. The Morgan fingerprint density at radius 3 is 2.77 bits per heavy atom. The van der Waals surface area contributed by atoms with Crippen LogP contribution in [0.2, 0.25) is 0 Å². The monoisotopic (exact) mass is 417 g/mol. The summed E-state index contributed by atoms with van der Waals surface area (Å²) in [5.74, 6) is 0.230. The number of aliphatic hydroxyl groups is 1. The minimum absolute atomic E-state index is 0.0371. The summed E-state index contributed by atoms with van der Waals surface area (Å²) < 4.78 is 12.8. The number of aryl methyl sites for hydroxylation is 2. The molecule has 0 aliphatic heterocycles. The summed E-state index contributed by atoms with van der Waals surface area (Å²) in [4.78, 5) is 42.3. The van der Waals surface area contributed by atoms with Crippen LogP contribution in [-0.4, -0.2) is 56.5 Å². The number of carbonyl (C=O) groups excluding carboxylic acids is 1. The quantitative estimate of drug-likeness (QED) is 0.427. The van der Waals surface area contributed by atoms with Gasteiger partial charge in [0, 0.05) is 7.05 Å². The molecule has 3 rings (SSSR count). The van der Waals surface area contributed by atoms with E-state index in [1.807, 2.05) is 25.1 Å². The molecule has 0 amide bonds. The van der Waals surface area contributed by atoms with E-state index < -0.39 is 23.3 Å². The smallest absolute Gasteiger partial charge is 0.329 e. The first-order valence-corrected chi connectivity index (χ1v) is 9.18. The summed E-state index contributed by atoms with van der Waals surface area (Å²) in [5.41, 5.74) is -0.161. The van der Waals surface area contributed by atoms with Gasteiger partial charge in [0.1, 0.15) is 25.0 Å². The van der Waals surface area contributed by atoms with Crippen LogP contribution in [0.25, 0.3) is 11.2 Å². The van der Waals surface area contributed by atoms with Gasteiger partial charge < -0.3 is 24.5 Å². The average Bonchev–Trinajstić information content (AvgIpc) is 3.08. The van der Waals surface area contributed by atoms with Gasteiger partial charge in [0.05, 0.1) is 13.7 Å². The Morgan fingerprint density at radius 2 is 2.07 bits per heavy atom. The molecule has 1 aromatic carbocycles. The molecule has 3 aromatic rings. The van der Waals surface area contributed by atoms with Gasteiger partial charge in [-0.05, 0) is 18.6 Å². The van der Waals surface area contributed by atoms with Gasteiger partial charge in [-0.1, -0.05) is 18.2 Å². The Balaban J connectivity index is 1.90. The highest BCUT2D eigenvalue weighted by atomic mass is 16.5. The summed E-state index contributed by atoms with van der Waals surface area (Å²) in [5, 5.41) is 13.3. The molecule has 11 heteroatoms. The molecule has 0 bridgehead atoms. The summed E-state index contributed by atoms with van der Waals surface area (Å²) in [7, 11) is 2.70. The number of anilines is 1. The molecular formula is C19H23N5O6. The van der Waals surface area contributed by atoms with E-state index in [1.54, 1.807) is 6.07 Å². The second kappa shape index (κ2) is 8.82. The largest absolute Gasteiger partial charge is 0.491 e. The molecule has 0 saturated heterocycles. The van der Waals surface area contributed by atoms with Crippen molar-refractivity contribution in [1.82, 2.24) is 19.1 Å². The van der Waals surface area contributed by atoms with Crippen LogP contribution in [-0.2, 0) is 23.1 Å². The third kappa shape index (κ3) is 4.35. The zero-order chi connectivity index (χ0) is 21.8. The Morgan fingerprint density at radius 1 is 1.33 bits per heavy atom. The molecule has 1 atom stereocenters. The van der Waals surface area contributed by atoms with Crippen molar-refractivity contribution in [2.75, 3.05) is 25.6 Å². The molecule has 0 unspecified atom stereocenters. The molecule has 0 aliphatic carbocycles. The fraction of sp³-hybridized carbons (Fsp3) is 0.368. The van der Waals surface area contributed by atoms with Gasteiger partial charge in [-0.15, -0.1) is 0 Å². The third-order valence-electron chi connectivity index (χ3n) is 4.54. The zero-order valence-corrected chi connectivity index (χ0v) is 16.8. The lowest BCUT2D eigenvalue weighted by molar-refractivity contribution is -0.138. The number of fused-ring (bicyclic) bond motifs is 1. The summed E-state index contributed by atoms with van der Waals surface area (Å²) in [6.45, 7) is 1.58. The Kier molecular flexibility index (Phi) is 6.21. The van der Waals surface area contributed by atoms with Crippen LogP contribution in [0, 0.1) is 6.92 Å². The number of imidazole rings is 1. The van der Waals surface area contributed by atoms with E-state index in [2.05, 4.69) is 20.0 Å². The molecule has 0 spiro atoms. The zero-order valence-electron chi connectivity index (χ0n) is 16.8. The van der Waals surface area contributed by atoms with Crippen LogP contribution in [0.15, 0.2) is 33.9 Å². The van der Waals surface area contributed by atoms with Crippen molar-refractivity contribution in [2.24, 2.45) is 7.05 Å². The molecule has 11 nitrogen and oxygen atoms in total. The predicted octanol–water partition coefficient (Wildman–Crippen LogP) is -0.243. The minimum Gasteiger partial charge on any atom is -0.491 e. The minimum atomic E-state index is -1.00. The number of ether oxygens (including phenoxy) is 2. The van der Waals surface area contributed by atoms with Crippen LogP contribution < -0.4 is 21.3 Å². The van der Waals surface area contributed by atoms with E-state index >= 15 is 0 Å². The molecule has 160 valence electrons. The van der Waals surface area contributed by atoms with Gasteiger partial charge in [-0.2, -0.15) is 4.98 Å². The van der Waals surface area contributed by atoms with Crippen molar-refractivity contribution in [3.63, 3.8) is 0 Å². The molecular weight excluding hydrogens is 394 g/mol. The number of benzene rings is 1. The summed E-state index contributed by atoms with van der Waals surface area (Å²) in [6, 6.07) is 7.39. The molecule has 3 N–H and O–H groups in total. The molecule has 0 fully saturated rings. The summed E-state index contributed by atoms with van der Waals surface area (Å²) >= 11 is 0. The Hall–Kier alpha value is -3.60. The van der Waals surface area contributed by atoms with Gasteiger partial charge in [-0.25, -0.2) is 4.79 Å². The van der Waals surface area contributed by atoms with Crippen molar-refractivity contribution in [1.29, 1.82) is 0 Å². The number of rotatable bonds is 8. The van der Waals surface area contributed by atoms with E-state index in [9.17, 15) is 19.5 Å². The Bertz CT molecular complexity index is 1180. The van der Waals surface area contributed by atoms with Gasteiger partial charge in [0.2, 0.25) is 5.95 Å². The van der Waals surface area contributed by atoms with Gasteiger partial charge in [0.25, 0.3) is 5.56 Å². The van der Waals surface area contributed by atoms with E-state index in [1.165, 1.54) is 23.3 Å². The number of aromatic amines is 1. The highest BCUT2D eigenvalue weighted by Gasteiger charge is 2.20. The molecule has 0 radical (unpaired) electrons. The van der Waals surface area contributed by atoms with Crippen molar-refractivity contribution < 1.29 is 19.4 Å². The van der Waals surface area contributed by atoms with E-state index in [0.717, 1.165) is 5.56 Å². The maximum atomic E-state index is 12.4. The fourth-order valence-corrected chi connectivity index (χ4v) is 2.94. The highest BCUT2D eigenvalue weighted by molar-refractivity contribution is 5.77. The normalized spacial score (nSPS) is 12.0. The number of esters is 1. The van der Waals surface area contributed by atoms with Crippen molar-refractivity contribution in [2.45, 2.75) is 19.6 Å². The van der Waals surface area contributed by atoms with E-state index in [4.69, 9.17) is 4.74 Å². The molecule has 30 heavy (non-hydrogen) atoms. The standard InChI is InChI=1S/C19H23N5O6/c1-11-6-4-5-7-13(11)30-10-12(25)9-24-15-16(23(2)19(28)22-17(15)27)21-18(24)20-8-14(26)29-3/h4-7,12,25H,8-10H2,1-3H3,(H,20,21)(H,22,27,28)/t12-/m0/s1. The maximum absolute atomic E-state index is 12.4. The lowest BCUT2D eigenvalue weighted by Gasteiger charge is -2.16. The van der Waals surface area contributed by atoms with Gasteiger partial charge >= 0.3 is 11.7 Å². The molecule has 0 saturated carbocycles. The first-order valence-electron chi connectivity index (χ1n) is 9.18. The molecule has 0 aliphatic rings. The number of hydrogen-bond acceptors (Lipinski definition) is 8. The molecule has 2 aromatic heterocycles. The lowest BCUT2D eigenvalue weighted by atomic mass is 10.2. The van der Waals surface area contributed by atoms with Crippen LogP contribution in [0.1, 0.15) is 5.56 Å². The second-order valence-electron chi connectivity index (χ2n) is 6.70. The topological polar surface area (TPSA) is 140 Å². The van der Waals surface area contributed by atoms with Crippen LogP contribution >= 0.6 is 0 Å². The van der Waals surface area contributed by atoms with Crippen LogP contribution in [0.5, 0.6) is 5.75 Å². The number of carbonyl (C=O) groups is 1. The number of nitrogens with one attached hydrogen (secondary N) is 2. The third-order valence-corrected chi connectivity index (χ3v) is 4.54. The average molecular weight is 417 g/mol. The first kappa shape index (κ1) is 21.1. The predicted molar refractivity (Wildman–Crippen MR) is 109 cm³/mol. The number of para-hydroxylation sites is 1. The van der Waals surface area contributed by atoms with E-state index in [-0.39, 0.29) is 36.8 Å². The number of H-pyrrole nitrogens is 1. The van der Waals surface area contributed by atoms with E-state index in [0.29, 0.717) is 5.75 Å².